The van der Waals surface area contributed by atoms with E-state index in [0.29, 0.717) is 0 Å². The molecule has 1 N–H and O–H groups in total. The van der Waals surface area contributed by atoms with Crippen LogP contribution >= 0.6 is 0 Å². The molecule has 3 aromatic rings. The van der Waals surface area contributed by atoms with Gasteiger partial charge in [-0.3, -0.25) is 4.68 Å². The number of aryl methyl sites for hydroxylation is 2. The molecule has 1 unspecified atom stereocenters. The molecule has 0 saturated carbocycles. The van der Waals surface area contributed by atoms with Crippen LogP contribution in [-0.4, -0.2) is 16.8 Å². The molecule has 108 valence electrons. The lowest BCUT2D eigenvalue weighted by atomic mass is 9.97. The monoisotopic (exact) mass is 283 g/mol. The number of fused-ring (bicyclic) bond motifs is 1. The van der Waals surface area contributed by atoms with Crippen molar-refractivity contribution in [2.24, 2.45) is 7.05 Å². The Bertz CT molecular complexity index is 792. The van der Waals surface area contributed by atoms with E-state index in [4.69, 9.17) is 0 Å². The molecule has 0 aliphatic carbocycles. The molecule has 0 fully saturated rings. The molecule has 0 radical (unpaired) electrons. The zero-order chi connectivity index (χ0) is 15.0. The minimum Gasteiger partial charge on any atom is -0.308 e. The smallest absolute Gasteiger partial charge is 0.123 e. The van der Waals surface area contributed by atoms with Gasteiger partial charge in [-0.1, -0.05) is 24.3 Å². The highest BCUT2D eigenvalue weighted by atomic mass is 19.1. The van der Waals surface area contributed by atoms with Gasteiger partial charge >= 0.3 is 0 Å². The van der Waals surface area contributed by atoms with Gasteiger partial charge in [-0.15, -0.1) is 0 Å². The summed E-state index contributed by atoms with van der Waals surface area (Å²) in [6, 6.07) is 13.0. The van der Waals surface area contributed by atoms with E-state index >= 15 is 0 Å². The third-order valence-corrected chi connectivity index (χ3v) is 3.89. The summed E-state index contributed by atoms with van der Waals surface area (Å²) < 4.78 is 15.2. The Morgan fingerprint density at radius 3 is 2.67 bits per heavy atom. The van der Waals surface area contributed by atoms with Crippen molar-refractivity contribution in [3.05, 3.63) is 65.1 Å². The summed E-state index contributed by atoms with van der Waals surface area (Å²) in [5, 5.41) is 9.08. The fourth-order valence-corrected chi connectivity index (χ4v) is 2.86. The van der Waals surface area contributed by atoms with Crippen LogP contribution in [0.5, 0.6) is 0 Å². The van der Waals surface area contributed by atoms with Gasteiger partial charge < -0.3 is 5.32 Å². The van der Waals surface area contributed by atoms with Crippen molar-refractivity contribution >= 4 is 10.9 Å². The highest BCUT2D eigenvalue weighted by Crippen LogP contribution is 2.29. The quantitative estimate of drug-likeness (QED) is 0.799. The summed E-state index contributed by atoms with van der Waals surface area (Å²) in [7, 11) is 3.84. The number of nitrogens with one attached hydrogen (secondary N) is 1. The first-order chi connectivity index (χ1) is 10.1. The zero-order valence-electron chi connectivity index (χ0n) is 12.4. The molecule has 0 aliphatic heterocycles. The van der Waals surface area contributed by atoms with E-state index < -0.39 is 0 Å². The van der Waals surface area contributed by atoms with E-state index in [2.05, 4.69) is 22.5 Å². The van der Waals surface area contributed by atoms with Crippen LogP contribution in [-0.2, 0) is 7.05 Å². The van der Waals surface area contributed by atoms with Crippen LogP contribution in [0.3, 0.4) is 0 Å². The number of rotatable bonds is 3. The van der Waals surface area contributed by atoms with Crippen molar-refractivity contribution in [3.8, 4) is 0 Å². The molecule has 2 aromatic carbocycles. The number of para-hydroxylation sites is 1. The van der Waals surface area contributed by atoms with Gasteiger partial charge in [-0.25, -0.2) is 4.39 Å². The Kier molecular flexibility index (Phi) is 3.47. The second kappa shape index (κ2) is 5.30. The maximum atomic E-state index is 13.3. The van der Waals surface area contributed by atoms with Crippen molar-refractivity contribution in [2.75, 3.05) is 7.05 Å². The molecule has 0 aliphatic rings. The van der Waals surface area contributed by atoms with Crippen LogP contribution in [0.1, 0.15) is 22.9 Å². The summed E-state index contributed by atoms with van der Waals surface area (Å²) in [4.78, 5) is 0. The number of halogens is 1. The molecule has 1 atom stereocenters. The van der Waals surface area contributed by atoms with Gasteiger partial charge in [0.25, 0.3) is 0 Å². The molecule has 1 aromatic heterocycles. The van der Waals surface area contributed by atoms with Gasteiger partial charge in [-0.05, 0) is 43.3 Å². The lowest BCUT2D eigenvalue weighted by Gasteiger charge is -2.17. The molecule has 3 rings (SSSR count). The van der Waals surface area contributed by atoms with E-state index in [0.717, 1.165) is 27.7 Å². The summed E-state index contributed by atoms with van der Waals surface area (Å²) in [5.41, 5.74) is 4.02. The van der Waals surface area contributed by atoms with Gasteiger partial charge in [0, 0.05) is 12.4 Å². The van der Waals surface area contributed by atoms with Crippen molar-refractivity contribution < 1.29 is 4.39 Å². The topological polar surface area (TPSA) is 29.9 Å². The van der Waals surface area contributed by atoms with Crippen LogP contribution in [0.4, 0.5) is 4.39 Å². The third kappa shape index (κ3) is 2.32. The molecule has 0 bridgehead atoms. The molecular weight excluding hydrogens is 265 g/mol. The maximum absolute atomic E-state index is 13.3. The molecule has 1 heterocycles. The number of benzene rings is 2. The Labute approximate surface area is 123 Å². The van der Waals surface area contributed by atoms with Crippen LogP contribution in [0.25, 0.3) is 10.9 Å². The number of aromatic nitrogens is 2. The lowest BCUT2D eigenvalue weighted by molar-refractivity contribution is 0.616. The van der Waals surface area contributed by atoms with Crippen molar-refractivity contribution in [1.82, 2.24) is 15.1 Å². The van der Waals surface area contributed by atoms with E-state index in [1.807, 2.05) is 43.9 Å². The predicted octanol–water partition coefficient (Wildman–Crippen LogP) is 3.33. The first-order valence-corrected chi connectivity index (χ1v) is 6.96. The van der Waals surface area contributed by atoms with E-state index in [9.17, 15) is 4.39 Å². The van der Waals surface area contributed by atoms with Gasteiger partial charge in [0.2, 0.25) is 0 Å². The normalized spacial score (nSPS) is 12.8. The van der Waals surface area contributed by atoms with Crippen LogP contribution in [0.15, 0.2) is 42.5 Å². The standard InChI is InChI=1S/C17H18FN3/c1-11-10-12(18)8-9-13(11)16(19-2)17-14-6-4-5-7-15(14)21(3)20-17/h4-10,16,19H,1-3H3. The molecule has 0 spiro atoms. The fourth-order valence-electron chi connectivity index (χ4n) is 2.86. The summed E-state index contributed by atoms with van der Waals surface area (Å²) >= 11 is 0. The Hall–Kier alpha value is -2.20. The average molecular weight is 283 g/mol. The highest BCUT2D eigenvalue weighted by molar-refractivity contribution is 5.82. The van der Waals surface area contributed by atoms with E-state index in [1.54, 1.807) is 6.07 Å². The molecule has 4 heteroatoms. The maximum Gasteiger partial charge on any atom is 0.123 e. The van der Waals surface area contributed by atoms with Crippen LogP contribution in [0, 0.1) is 12.7 Å². The van der Waals surface area contributed by atoms with Gasteiger partial charge in [0.1, 0.15) is 5.82 Å². The Morgan fingerprint density at radius 2 is 1.95 bits per heavy atom. The highest BCUT2D eigenvalue weighted by Gasteiger charge is 2.20. The molecule has 21 heavy (non-hydrogen) atoms. The van der Waals surface area contributed by atoms with Gasteiger partial charge in [0.15, 0.2) is 0 Å². The van der Waals surface area contributed by atoms with E-state index in [-0.39, 0.29) is 11.9 Å². The Balaban J connectivity index is 2.18. The zero-order valence-corrected chi connectivity index (χ0v) is 12.4. The molecule has 0 saturated heterocycles. The predicted molar refractivity (Wildman–Crippen MR) is 82.8 cm³/mol. The number of hydrogen-bond acceptors (Lipinski definition) is 2. The molecular formula is C17H18FN3. The van der Waals surface area contributed by atoms with Crippen LogP contribution in [0.2, 0.25) is 0 Å². The average Bonchev–Trinajstić information content (AvgIpc) is 2.80. The first kappa shape index (κ1) is 13.8. The number of nitrogens with zero attached hydrogens (tertiary/aromatic N) is 2. The first-order valence-electron chi connectivity index (χ1n) is 6.96. The van der Waals surface area contributed by atoms with Crippen molar-refractivity contribution in [1.29, 1.82) is 0 Å². The SMILES string of the molecule is CNC(c1ccc(F)cc1C)c1nn(C)c2ccccc12. The molecule has 0 amide bonds. The minimum absolute atomic E-state index is 0.0586. The van der Waals surface area contributed by atoms with E-state index in [1.165, 1.54) is 6.07 Å². The summed E-state index contributed by atoms with van der Waals surface area (Å²) in [5.74, 6) is -0.211. The number of hydrogen-bond donors (Lipinski definition) is 1. The van der Waals surface area contributed by atoms with Crippen LogP contribution < -0.4 is 5.32 Å². The Morgan fingerprint density at radius 1 is 1.19 bits per heavy atom. The fraction of sp³-hybridized carbons (Fsp3) is 0.235. The van der Waals surface area contributed by atoms with Gasteiger partial charge in [0.05, 0.1) is 17.3 Å². The second-order valence-corrected chi connectivity index (χ2v) is 5.25. The molecule has 3 nitrogen and oxygen atoms in total. The van der Waals surface area contributed by atoms with Gasteiger partial charge in [-0.2, -0.15) is 5.10 Å². The summed E-state index contributed by atoms with van der Waals surface area (Å²) in [6.07, 6.45) is 0. The third-order valence-electron chi connectivity index (χ3n) is 3.89. The van der Waals surface area contributed by atoms with Crippen molar-refractivity contribution in [2.45, 2.75) is 13.0 Å². The largest absolute Gasteiger partial charge is 0.308 e. The lowest BCUT2D eigenvalue weighted by Crippen LogP contribution is -2.19. The minimum atomic E-state index is -0.211. The summed E-state index contributed by atoms with van der Waals surface area (Å²) in [6.45, 7) is 1.92. The second-order valence-electron chi connectivity index (χ2n) is 5.25. The van der Waals surface area contributed by atoms with Crippen molar-refractivity contribution in [3.63, 3.8) is 0 Å².